The predicted molar refractivity (Wildman–Crippen MR) is 168 cm³/mol. The number of hydrogen-bond donors (Lipinski definition) is 4. The number of para-hydroxylation sites is 1. The number of carbonyl (C=O) groups excluding carboxylic acids is 3. The van der Waals surface area contributed by atoms with Crippen molar-refractivity contribution in [3.05, 3.63) is 102 Å². The van der Waals surface area contributed by atoms with Crippen molar-refractivity contribution >= 4 is 34.4 Å². The average Bonchev–Trinajstić information content (AvgIpc) is 3.81. The number of fused-ring (bicyclic) bond motifs is 1. The quantitative estimate of drug-likeness (QED) is 0.186. The van der Waals surface area contributed by atoms with Gasteiger partial charge in [0.05, 0.1) is 0 Å². The Kier molecular flexibility index (Phi) is 8.76. The fourth-order valence-electron chi connectivity index (χ4n) is 5.18. The Morgan fingerprint density at radius 3 is 2.20 bits per heavy atom. The second kappa shape index (κ2) is 12.7. The van der Waals surface area contributed by atoms with Crippen molar-refractivity contribution < 1.29 is 29.3 Å². The van der Waals surface area contributed by atoms with Gasteiger partial charge in [-0.05, 0) is 80.3 Å². The molecule has 5 rings (SSSR count). The van der Waals surface area contributed by atoms with Gasteiger partial charge in [-0.25, -0.2) is 4.79 Å². The largest absolute Gasteiger partial charge is 0.508 e. The van der Waals surface area contributed by atoms with E-state index in [9.17, 15) is 24.6 Å². The summed E-state index contributed by atoms with van der Waals surface area (Å²) in [6.07, 6.45) is 0.640. The fourth-order valence-corrected chi connectivity index (χ4v) is 5.18. The van der Waals surface area contributed by atoms with Crippen molar-refractivity contribution in [2.24, 2.45) is 0 Å². The van der Waals surface area contributed by atoms with Crippen molar-refractivity contribution in [1.29, 1.82) is 0 Å². The fraction of sp³-hybridized carbons (Fsp3) is 0.286. The maximum Gasteiger partial charge on any atom is 0.408 e. The molecule has 228 valence electrons. The van der Waals surface area contributed by atoms with E-state index in [0.717, 1.165) is 10.8 Å². The van der Waals surface area contributed by atoms with Gasteiger partial charge in [-0.15, -0.1) is 0 Å². The Morgan fingerprint density at radius 1 is 0.886 bits per heavy atom. The second-order valence-electron chi connectivity index (χ2n) is 12.1. The van der Waals surface area contributed by atoms with Gasteiger partial charge in [0.25, 0.3) is 5.91 Å². The maximum absolute atomic E-state index is 14.5. The van der Waals surface area contributed by atoms with Gasteiger partial charge >= 0.3 is 6.09 Å². The van der Waals surface area contributed by atoms with Crippen molar-refractivity contribution in [3.8, 4) is 11.5 Å². The first kappa shape index (κ1) is 30.4. The number of nitrogens with one attached hydrogen (secondary N) is 2. The summed E-state index contributed by atoms with van der Waals surface area (Å²) >= 11 is 0. The molecule has 0 spiro atoms. The number of amides is 3. The van der Waals surface area contributed by atoms with E-state index in [1.165, 1.54) is 23.1 Å². The topological polar surface area (TPSA) is 128 Å². The Balaban J connectivity index is 1.51. The third kappa shape index (κ3) is 7.47. The highest BCUT2D eigenvalue weighted by molar-refractivity contribution is 6.01. The summed E-state index contributed by atoms with van der Waals surface area (Å²) in [4.78, 5) is 43.1. The molecule has 0 heterocycles. The Hall–Kier alpha value is -5.05. The summed E-state index contributed by atoms with van der Waals surface area (Å²) in [6, 6.07) is 23.6. The number of rotatable bonds is 9. The number of carbonyl (C=O) groups is 3. The van der Waals surface area contributed by atoms with E-state index >= 15 is 0 Å². The van der Waals surface area contributed by atoms with Gasteiger partial charge in [0.2, 0.25) is 5.91 Å². The Morgan fingerprint density at radius 2 is 1.55 bits per heavy atom. The minimum Gasteiger partial charge on any atom is -0.508 e. The molecule has 0 bridgehead atoms. The molecule has 4 aromatic rings. The molecule has 0 aromatic heterocycles. The van der Waals surface area contributed by atoms with E-state index in [1.54, 1.807) is 57.2 Å². The van der Waals surface area contributed by atoms with Crippen LogP contribution < -0.4 is 10.6 Å². The minimum absolute atomic E-state index is 0.0707. The number of phenolic OH excluding ortho intramolecular Hbond substituents is 2. The summed E-state index contributed by atoms with van der Waals surface area (Å²) in [6.45, 7) is 5.18. The van der Waals surface area contributed by atoms with Gasteiger partial charge in [0.15, 0.2) is 0 Å². The van der Waals surface area contributed by atoms with E-state index in [4.69, 9.17) is 4.74 Å². The van der Waals surface area contributed by atoms with Gasteiger partial charge in [0, 0.05) is 23.7 Å². The predicted octanol–water partition coefficient (Wildman–Crippen LogP) is 6.06. The van der Waals surface area contributed by atoms with Crippen LogP contribution in [-0.2, 0) is 20.7 Å². The van der Waals surface area contributed by atoms with Gasteiger partial charge < -0.3 is 30.5 Å². The van der Waals surface area contributed by atoms with E-state index in [0.29, 0.717) is 24.1 Å². The Bertz CT molecular complexity index is 1660. The van der Waals surface area contributed by atoms with E-state index < -0.39 is 35.6 Å². The molecule has 0 saturated heterocycles. The van der Waals surface area contributed by atoms with Crippen LogP contribution in [0.3, 0.4) is 0 Å². The van der Waals surface area contributed by atoms with Crippen LogP contribution in [0.4, 0.5) is 10.5 Å². The first-order valence-corrected chi connectivity index (χ1v) is 14.7. The van der Waals surface area contributed by atoms with Crippen molar-refractivity contribution in [1.82, 2.24) is 10.2 Å². The van der Waals surface area contributed by atoms with Gasteiger partial charge in [-0.1, -0.05) is 60.7 Å². The zero-order chi connectivity index (χ0) is 31.4. The molecule has 4 N–H and O–H groups in total. The van der Waals surface area contributed by atoms with E-state index in [-0.39, 0.29) is 29.5 Å². The zero-order valence-corrected chi connectivity index (χ0v) is 25.0. The van der Waals surface area contributed by atoms with Crippen LogP contribution in [-0.4, -0.2) is 50.7 Å². The molecule has 9 heteroatoms. The molecule has 1 aliphatic carbocycles. The molecule has 9 nitrogen and oxygen atoms in total. The minimum atomic E-state index is -1.19. The van der Waals surface area contributed by atoms with Crippen LogP contribution in [0, 0.1) is 0 Å². The maximum atomic E-state index is 14.5. The number of alkyl carbamates (subject to hydrolysis) is 1. The lowest BCUT2D eigenvalue weighted by molar-refractivity contribution is -0.141. The number of ether oxygens (including phenoxy) is 1. The summed E-state index contributed by atoms with van der Waals surface area (Å²) in [5.41, 5.74) is 0.703. The smallest absolute Gasteiger partial charge is 0.408 e. The number of anilines is 1. The summed E-state index contributed by atoms with van der Waals surface area (Å²) in [5.74, 6) is -1.04. The second-order valence-corrected chi connectivity index (χ2v) is 12.1. The monoisotopic (exact) mass is 595 g/mol. The van der Waals surface area contributed by atoms with Gasteiger partial charge in [-0.2, -0.15) is 0 Å². The van der Waals surface area contributed by atoms with Crippen molar-refractivity contribution in [2.45, 2.75) is 63.8 Å². The van der Waals surface area contributed by atoms with Crippen LogP contribution in [0.1, 0.15) is 50.8 Å². The van der Waals surface area contributed by atoms with Crippen LogP contribution in [0.5, 0.6) is 11.5 Å². The molecule has 1 saturated carbocycles. The highest BCUT2D eigenvalue weighted by Crippen LogP contribution is 2.39. The summed E-state index contributed by atoms with van der Waals surface area (Å²) < 4.78 is 5.48. The summed E-state index contributed by atoms with van der Waals surface area (Å²) in [7, 11) is 0. The number of benzene rings is 4. The number of phenols is 2. The van der Waals surface area contributed by atoms with E-state index in [1.807, 2.05) is 36.4 Å². The highest BCUT2D eigenvalue weighted by Gasteiger charge is 2.45. The first-order valence-electron chi connectivity index (χ1n) is 14.7. The number of nitrogens with zero attached hydrogens (tertiary/aromatic N) is 1. The molecule has 1 aliphatic rings. The molecule has 4 aromatic carbocycles. The lowest BCUT2D eigenvalue weighted by Gasteiger charge is -2.35. The molecular formula is C35H37N3O6. The molecule has 0 radical (unpaired) electrons. The van der Waals surface area contributed by atoms with Crippen LogP contribution in [0.15, 0.2) is 91.0 Å². The number of hydrogen-bond acceptors (Lipinski definition) is 6. The molecule has 2 unspecified atom stereocenters. The van der Waals surface area contributed by atoms with Gasteiger partial charge in [0.1, 0.15) is 29.2 Å². The van der Waals surface area contributed by atoms with Crippen LogP contribution >= 0.6 is 0 Å². The SMILES string of the molecule is CC(C)(C)OC(=O)NC(Cc1ccc(O)cc1)C(=O)N(C1CC1)C(C(=O)Nc1ccc2ccccc2c1)c1ccccc1O. The Labute approximate surface area is 256 Å². The van der Waals surface area contributed by atoms with E-state index in [2.05, 4.69) is 10.6 Å². The molecule has 2 atom stereocenters. The standard InChI is InChI=1S/C35H37N3O6/c1-35(2,3)44-34(43)37-29(20-22-12-18-27(39)19-13-22)33(42)38(26-16-17-26)31(28-10-6-7-11-30(28)40)32(41)36-25-15-14-23-8-4-5-9-24(23)21-25/h4-15,18-19,21,26,29,31,39-40H,16-17,20H2,1-3H3,(H,36,41)(H,37,43). The molecule has 1 fully saturated rings. The molecule has 44 heavy (non-hydrogen) atoms. The third-order valence-electron chi connectivity index (χ3n) is 7.33. The molecule has 3 amide bonds. The molecular weight excluding hydrogens is 558 g/mol. The normalized spacial score (nSPS) is 14.3. The first-order chi connectivity index (χ1) is 21.0. The zero-order valence-electron chi connectivity index (χ0n) is 25.0. The third-order valence-corrected chi connectivity index (χ3v) is 7.33. The summed E-state index contributed by atoms with van der Waals surface area (Å²) in [5, 5.41) is 28.3. The van der Waals surface area contributed by atoms with Crippen molar-refractivity contribution in [2.75, 3.05) is 5.32 Å². The van der Waals surface area contributed by atoms with Crippen LogP contribution in [0.2, 0.25) is 0 Å². The average molecular weight is 596 g/mol. The van der Waals surface area contributed by atoms with Gasteiger partial charge in [-0.3, -0.25) is 9.59 Å². The van der Waals surface area contributed by atoms with Crippen molar-refractivity contribution in [3.63, 3.8) is 0 Å². The lowest BCUT2D eigenvalue weighted by Crippen LogP contribution is -2.54. The number of aromatic hydroxyl groups is 2. The molecule has 0 aliphatic heterocycles. The highest BCUT2D eigenvalue weighted by atomic mass is 16.6. The lowest BCUT2D eigenvalue weighted by atomic mass is 9.99. The van der Waals surface area contributed by atoms with Crippen LogP contribution in [0.25, 0.3) is 10.8 Å².